The van der Waals surface area contributed by atoms with Gasteiger partial charge in [0.25, 0.3) is 0 Å². The molecule has 4 fully saturated rings. The number of rotatable bonds is 6. The Hall–Kier alpha value is -3.12. The Bertz CT molecular complexity index is 1410. The molecule has 0 saturated heterocycles. The van der Waals surface area contributed by atoms with Crippen molar-refractivity contribution in [3.63, 3.8) is 0 Å². The Labute approximate surface area is 211 Å². The molecule has 4 aliphatic rings. The van der Waals surface area contributed by atoms with Gasteiger partial charge in [-0.25, -0.2) is 14.3 Å². The van der Waals surface area contributed by atoms with Crippen LogP contribution in [-0.2, 0) is 17.8 Å². The third-order valence-corrected chi connectivity index (χ3v) is 9.43. The zero-order valence-electron chi connectivity index (χ0n) is 21.2. The fourth-order valence-electron chi connectivity index (χ4n) is 8.20. The number of carbonyl (C=O) groups is 1. The molecule has 8 rings (SSSR count). The number of carbonyl (C=O) groups excluding carboxylic acids is 1. The number of para-hydroxylation sites is 2. The largest absolute Gasteiger partial charge is 0.463 e. The summed E-state index contributed by atoms with van der Waals surface area (Å²) in [5, 5.41) is 0. The van der Waals surface area contributed by atoms with Crippen LogP contribution in [0.4, 0.5) is 0 Å². The number of hydrogen-bond donors (Lipinski definition) is 1. The van der Waals surface area contributed by atoms with Crippen molar-refractivity contribution in [3.05, 3.63) is 71.5 Å². The van der Waals surface area contributed by atoms with E-state index < -0.39 is 0 Å². The van der Waals surface area contributed by atoms with Crippen LogP contribution >= 0.6 is 0 Å². The molecule has 4 aliphatic carbocycles. The second kappa shape index (κ2) is 8.20. The van der Waals surface area contributed by atoms with E-state index in [1.165, 1.54) is 51.2 Å². The minimum atomic E-state index is -0.289. The molecule has 0 spiro atoms. The lowest BCUT2D eigenvalue weighted by Gasteiger charge is -2.59. The standard InChI is InChI=1S/C30H34N4O2/c1-32(30-15-21-12-22(16-30)14-23(13-21)17-30)19-24-27(28(35)36-2)34-26-11-7-6-10-25(26)33(29(34)31-24)18-20-8-4-3-5-9-20/h3-11,21-23H,12-19H2,1-2H3/p+1. The van der Waals surface area contributed by atoms with Gasteiger partial charge < -0.3 is 4.74 Å². The van der Waals surface area contributed by atoms with Gasteiger partial charge in [0.05, 0.1) is 20.2 Å². The highest BCUT2D eigenvalue weighted by Crippen LogP contribution is 2.57. The van der Waals surface area contributed by atoms with Crippen molar-refractivity contribution in [3.8, 4) is 0 Å². The summed E-state index contributed by atoms with van der Waals surface area (Å²) in [4.78, 5) is 19.5. The lowest BCUT2D eigenvalue weighted by molar-refractivity contribution is -0.638. The van der Waals surface area contributed by atoms with Gasteiger partial charge in [0.1, 0.15) is 16.7 Å². The van der Waals surface area contributed by atoms with Crippen LogP contribution in [0.3, 0.4) is 0 Å². The molecular weight excluding hydrogens is 448 g/mol. The summed E-state index contributed by atoms with van der Waals surface area (Å²) < 4.78 is 9.70. The molecule has 0 unspecified atom stereocenters. The van der Waals surface area contributed by atoms with Gasteiger partial charge in [-0.1, -0.05) is 42.5 Å². The molecule has 0 atom stereocenters. The minimum absolute atomic E-state index is 0.268. The Morgan fingerprint density at radius 1 is 1.03 bits per heavy atom. The van der Waals surface area contributed by atoms with E-state index in [9.17, 15) is 4.79 Å². The summed E-state index contributed by atoms with van der Waals surface area (Å²) in [6.07, 6.45) is 8.20. The van der Waals surface area contributed by atoms with E-state index in [4.69, 9.17) is 4.74 Å². The van der Waals surface area contributed by atoms with Crippen LogP contribution in [0, 0.1) is 17.8 Å². The molecule has 0 amide bonds. The van der Waals surface area contributed by atoms with Crippen molar-refractivity contribution in [1.82, 2.24) is 14.3 Å². The maximum absolute atomic E-state index is 13.3. The third kappa shape index (κ3) is 3.34. The molecule has 2 aromatic carbocycles. The van der Waals surface area contributed by atoms with Crippen LogP contribution < -0.4 is 4.57 Å². The zero-order chi connectivity index (χ0) is 24.4. The number of aromatic nitrogens is 3. The van der Waals surface area contributed by atoms with Gasteiger partial charge in [0.2, 0.25) is 5.69 Å². The van der Waals surface area contributed by atoms with Gasteiger partial charge in [-0.2, -0.15) is 4.40 Å². The van der Waals surface area contributed by atoms with Crippen molar-refractivity contribution in [2.24, 2.45) is 17.8 Å². The molecule has 0 aliphatic heterocycles. The topological polar surface area (TPSA) is 53.6 Å². The van der Waals surface area contributed by atoms with Crippen LogP contribution in [0.5, 0.6) is 0 Å². The SMILES string of the molecule is COC(=O)c1c(CN(C)C23CC4CC(CC(C4)C2)C3)[nH]c2n1c1ccccc1[n+]2Cc1ccccc1. The van der Waals surface area contributed by atoms with Crippen LogP contribution in [0.15, 0.2) is 54.6 Å². The van der Waals surface area contributed by atoms with E-state index in [1.54, 1.807) is 0 Å². The van der Waals surface area contributed by atoms with Crippen molar-refractivity contribution in [2.75, 3.05) is 14.2 Å². The normalized spacial score (nSPS) is 26.9. The first-order valence-electron chi connectivity index (χ1n) is 13.4. The van der Waals surface area contributed by atoms with E-state index in [-0.39, 0.29) is 11.5 Å². The van der Waals surface area contributed by atoms with E-state index in [1.807, 2.05) is 12.1 Å². The van der Waals surface area contributed by atoms with E-state index in [2.05, 4.69) is 68.4 Å². The Morgan fingerprint density at radius 3 is 2.33 bits per heavy atom. The number of benzene rings is 2. The molecule has 4 aromatic rings. The summed E-state index contributed by atoms with van der Waals surface area (Å²) in [7, 11) is 3.76. The van der Waals surface area contributed by atoms with Gasteiger partial charge in [-0.05, 0) is 81.0 Å². The monoisotopic (exact) mass is 483 g/mol. The fraction of sp³-hybridized carbons (Fsp3) is 0.467. The summed E-state index contributed by atoms with van der Waals surface area (Å²) in [5.41, 5.74) is 5.17. The van der Waals surface area contributed by atoms with Crippen LogP contribution in [0.2, 0.25) is 0 Å². The molecule has 4 bridgehead atoms. The predicted molar refractivity (Wildman–Crippen MR) is 139 cm³/mol. The second-order valence-electron chi connectivity index (χ2n) is 11.7. The molecule has 2 heterocycles. The second-order valence-corrected chi connectivity index (χ2v) is 11.7. The van der Waals surface area contributed by atoms with E-state index in [0.717, 1.165) is 53.3 Å². The number of aromatic amines is 1. The average Bonchev–Trinajstić information content (AvgIpc) is 3.38. The smallest absolute Gasteiger partial charge is 0.374 e. The number of nitrogens with zero attached hydrogens (tertiary/aromatic N) is 3. The number of ether oxygens (including phenoxy) is 1. The van der Waals surface area contributed by atoms with Crippen molar-refractivity contribution in [2.45, 2.75) is 57.2 Å². The summed E-state index contributed by atoms with van der Waals surface area (Å²) in [6.45, 7) is 1.45. The summed E-state index contributed by atoms with van der Waals surface area (Å²) >= 11 is 0. The number of hydrogen-bond acceptors (Lipinski definition) is 3. The molecule has 6 nitrogen and oxygen atoms in total. The number of methoxy groups -OCH3 is 1. The van der Waals surface area contributed by atoms with Gasteiger partial charge in [0, 0.05) is 5.54 Å². The average molecular weight is 484 g/mol. The predicted octanol–water partition coefficient (Wildman–Crippen LogP) is 4.94. The Balaban J connectivity index is 1.34. The van der Waals surface area contributed by atoms with Gasteiger partial charge in [-0.15, -0.1) is 0 Å². The number of imidazole rings is 2. The highest BCUT2D eigenvalue weighted by Gasteiger charge is 2.53. The summed E-state index contributed by atoms with van der Waals surface area (Å²) in [6, 6.07) is 18.8. The lowest BCUT2D eigenvalue weighted by Crippen LogP contribution is -2.58. The van der Waals surface area contributed by atoms with Crippen molar-refractivity contribution in [1.29, 1.82) is 0 Å². The van der Waals surface area contributed by atoms with E-state index in [0.29, 0.717) is 5.69 Å². The van der Waals surface area contributed by atoms with Crippen LogP contribution in [0.25, 0.3) is 16.8 Å². The molecular formula is C30H35N4O2+. The molecule has 2 aromatic heterocycles. The van der Waals surface area contributed by atoms with Gasteiger partial charge in [0.15, 0.2) is 0 Å². The molecule has 186 valence electrons. The highest BCUT2D eigenvalue weighted by atomic mass is 16.5. The fourth-order valence-corrected chi connectivity index (χ4v) is 8.20. The third-order valence-electron chi connectivity index (χ3n) is 9.43. The zero-order valence-corrected chi connectivity index (χ0v) is 21.2. The van der Waals surface area contributed by atoms with Gasteiger partial charge >= 0.3 is 11.7 Å². The molecule has 36 heavy (non-hydrogen) atoms. The first kappa shape index (κ1) is 22.1. The Morgan fingerprint density at radius 2 is 1.67 bits per heavy atom. The first-order valence-corrected chi connectivity index (χ1v) is 13.4. The number of esters is 1. The van der Waals surface area contributed by atoms with Crippen LogP contribution in [0.1, 0.15) is 60.3 Å². The van der Waals surface area contributed by atoms with Crippen molar-refractivity contribution >= 4 is 22.8 Å². The maximum Gasteiger partial charge on any atom is 0.374 e. The number of fused-ring (bicyclic) bond motifs is 3. The Kier molecular flexibility index (Phi) is 5.04. The maximum atomic E-state index is 13.3. The first-order chi connectivity index (χ1) is 17.5. The molecule has 4 saturated carbocycles. The minimum Gasteiger partial charge on any atom is -0.463 e. The molecule has 1 N–H and O–H groups in total. The van der Waals surface area contributed by atoms with Crippen molar-refractivity contribution < 1.29 is 14.1 Å². The highest BCUT2D eigenvalue weighted by molar-refractivity contribution is 5.92. The molecule has 0 radical (unpaired) electrons. The van der Waals surface area contributed by atoms with Crippen LogP contribution in [-0.4, -0.2) is 40.0 Å². The van der Waals surface area contributed by atoms with Gasteiger partial charge in [-0.3, -0.25) is 4.90 Å². The summed E-state index contributed by atoms with van der Waals surface area (Å²) in [5.74, 6) is 3.29. The number of H-pyrrole nitrogens is 1. The van der Waals surface area contributed by atoms with E-state index >= 15 is 0 Å². The molecule has 6 heteroatoms. The quantitative estimate of drug-likeness (QED) is 0.312. The lowest BCUT2D eigenvalue weighted by atomic mass is 9.52. The number of nitrogens with one attached hydrogen (secondary N) is 1.